The SMILES string of the molecule is C=C(CCC)C1NN(Cc2ccccc2)C(Cl)=C1CCC. The summed E-state index contributed by atoms with van der Waals surface area (Å²) in [7, 11) is 0. The molecule has 0 saturated carbocycles. The van der Waals surface area contributed by atoms with Crippen molar-refractivity contribution in [2.75, 3.05) is 0 Å². The number of hydrogen-bond donors (Lipinski definition) is 1. The Labute approximate surface area is 133 Å². The van der Waals surface area contributed by atoms with E-state index >= 15 is 0 Å². The molecule has 0 aromatic heterocycles. The van der Waals surface area contributed by atoms with E-state index in [2.05, 4.69) is 55.1 Å². The van der Waals surface area contributed by atoms with Gasteiger partial charge < -0.3 is 0 Å². The van der Waals surface area contributed by atoms with Crippen molar-refractivity contribution in [3.8, 4) is 0 Å². The van der Waals surface area contributed by atoms with Gasteiger partial charge in [-0.1, -0.05) is 80.8 Å². The second-order valence-corrected chi connectivity index (χ2v) is 5.97. The average Bonchev–Trinajstić information content (AvgIpc) is 2.78. The van der Waals surface area contributed by atoms with Crippen molar-refractivity contribution in [2.24, 2.45) is 0 Å². The number of halogens is 1. The van der Waals surface area contributed by atoms with E-state index in [1.807, 2.05) is 6.07 Å². The molecule has 1 N–H and O–H groups in total. The van der Waals surface area contributed by atoms with Gasteiger partial charge in [0.05, 0.1) is 12.6 Å². The van der Waals surface area contributed by atoms with Crippen LogP contribution in [-0.2, 0) is 6.54 Å². The highest BCUT2D eigenvalue weighted by molar-refractivity contribution is 6.29. The highest BCUT2D eigenvalue weighted by Crippen LogP contribution is 2.32. The number of benzene rings is 1. The number of hydrazine groups is 1. The molecule has 1 unspecified atom stereocenters. The summed E-state index contributed by atoms with van der Waals surface area (Å²) in [4.78, 5) is 0. The van der Waals surface area contributed by atoms with Crippen LogP contribution in [0.15, 0.2) is 53.2 Å². The van der Waals surface area contributed by atoms with E-state index in [1.54, 1.807) is 0 Å². The molecule has 0 radical (unpaired) electrons. The summed E-state index contributed by atoms with van der Waals surface area (Å²) in [5, 5.41) is 2.91. The molecule has 2 rings (SSSR count). The van der Waals surface area contributed by atoms with E-state index in [-0.39, 0.29) is 6.04 Å². The predicted octanol–water partition coefficient (Wildman–Crippen LogP) is 4.98. The maximum Gasteiger partial charge on any atom is 0.120 e. The molecule has 1 aromatic carbocycles. The fourth-order valence-electron chi connectivity index (χ4n) is 2.78. The Morgan fingerprint density at radius 3 is 2.57 bits per heavy atom. The maximum absolute atomic E-state index is 6.61. The third-order valence-corrected chi connectivity index (χ3v) is 4.26. The van der Waals surface area contributed by atoms with Gasteiger partial charge in [-0.3, -0.25) is 5.01 Å². The van der Waals surface area contributed by atoms with Crippen molar-refractivity contribution in [2.45, 2.75) is 52.1 Å². The fourth-order valence-corrected chi connectivity index (χ4v) is 3.10. The van der Waals surface area contributed by atoms with Gasteiger partial charge in [-0.2, -0.15) is 0 Å². The largest absolute Gasteiger partial charge is 0.293 e. The number of rotatable bonds is 7. The molecule has 1 aliphatic rings. The number of nitrogens with zero attached hydrogens (tertiary/aromatic N) is 1. The smallest absolute Gasteiger partial charge is 0.120 e. The maximum atomic E-state index is 6.61. The molecule has 0 amide bonds. The van der Waals surface area contributed by atoms with Gasteiger partial charge in [0.15, 0.2) is 0 Å². The van der Waals surface area contributed by atoms with E-state index in [4.69, 9.17) is 11.6 Å². The number of hydrogen-bond acceptors (Lipinski definition) is 2. The molecule has 0 aliphatic carbocycles. The van der Waals surface area contributed by atoms with Crippen molar-refractivity contribution in [3.63, 3.8) is 0 Å². The Balaban J connectivity index is 2.15. The van der Waals surface area contributed by atoms with Gasteiger partial charge in [0.2, 0.25) is 0 Å². The molecule has 1 atom stereocenters. The summed E-state index contributed by atoms with van der Waals surface area (Å²) < 4.78 is 0. The lowest BCUT2D eigenvalue weighted by Crippen LogP contribution is -2.37. The average molecular weight is 305 g/mol. The fraction of sp³-hybridized carbons (Fsp3) is 0.444. The van der Waals surface area contributed by atoms with E-state index in [1.165, 1.54) is 16.7 Å². The summed E-state index contributed by atoms with van der Waals surface area (Å²) in [5.41, 5.74) is 7.30. The zero-order valence-corrected chi connectivity index (χ0v) is 13.8. The molecule has 1 aliphatic heterocycles. The first kappa shape index (κ1) is 16.1. The summed E-state index contributed by atoms with van der Waals surface area (Å²) in [6.07, 6.45) is 4.27. The first-order valence-corrected chi connectivity index (χ1v) is 8.19. The van der Waals surface area contributed by atoms with Gasteiger partial charge in [0, 0.05) is 0 Å². The van der Waals surface area contributed by atoms with Crippen LogP contribution in [-0.4, -0.2) is 11.1 Å². The van der Waals surface area contributed by atoms with Crippen molar-refractivity contribution in [3.05, 3.63) is 58.8 Å². The highest BCUT2D eigenvalue weighted by atomic mass is 35.5. The molecule has 2 nitrogen and oxygen atoms in total. The van der Waals surface area contributed by atoms with Gasteiger partial charge >= 0.3 is 0 Å². The first-order valence-electron chi connectivity index (χ1n) is 7.81. The molecule has 1 heterocycles. The quantitative estimate of drug-likeness (QED) is 0.564. The van der Waals surface area contributed by atoms with Crippen LogP contribution in [0.2, 0.25) is 0 Å². The standard InChI is InChI=1S/C18H25ClN2/c1-4-9-14(3)17-16(10-5-2)18(19)21(20-17)13-15-11-7-6-8-12-15/h6-8,11-12,17,20H,3-5,9-10,13H2,1-2H3. The van der Waals surface area contributed by atoms with Gasteiger partial charge in [0.1, 0.15) is 5.16 Å². The van der Waals surface area contributed by atoms with Gasteiger partial charge in [-0.05, 0) is 24.0 Å². The van der Waals surface area contributed by atoms with Gasteiger partial charge in [0.25, 0.3) is 0 Å². The molecule has 3 heteroatoms. The minimum absolute atomic E-state index is 0.195. The van der Waals surface area contributed by atoms with Crippen LogP contribution in [0, 0.1) is 0 Å². The van der Waals surface area contributed by atoms with Crippen LogP contribution >= 0.6 is 11.6 Å². The van der Waals surface area contributed by atoms with E-state index in [0.29, 0.717) is 0 Å². The van der Waals surface area contributed by atoms with Crippen molar-refractivity contribution in [1.82, 2.24) is 10.4 Å². The van der Waals surface area contributed by atoms with E-state index in [9.17, 15) is 0 Å². The van der Waals surface area contributed by atoms with Crippen molar-refractivity contribution < 1.29 is 0 Å². The molecule has 1 aromatic rings. The molecule has 0 fully saturated rings. The van der Waals surface area contributed by atoms with Gasteiger partial charge in [-0.15, -0.1) is 0 Å². The Kier molecular flexibility index (Phi) is 5.89. The second-order valence-electron chi connectivity index (χ2n) is 5.61. The summed E-state index contributed by atoms with van der Waals surface area (Å²) in [6, 6.07) is 10.6. The first-order chi connectivity index (χ1) is 10.2. The van der Waals surface area contributed by atoms with Crippen LogP contribution in [0.4, 0.5) is 0 Å². The molecule has 114 valence electrons. The number of nitrogens with one attached hydrogen (secondary N) is 1. The third-order valence-electron chi connectivity index (χ3n) is 3.82. The zero-order chi connectivity index (χ0) is 15.2. The lowest BCUT2D eigenvalue weighted by Gasteiger charge is -2.22. The molecular formula is C18H25ClN2. The normalized spacial score (nSPS) is 18.4. The van der Waals surface area contributed by atoms with Crippen LogP contribution in [0.1, 0.15) is 45.1 Å². The van der Waals surface area contributed by atoms with Crippen LogP contribution in [0.5, 0.6) is 0 Å². The Morgan fingerprint density at radius 1 is 1.24 bits per heavy atom. The summed E-state index contributed by atoms with van der Waals surface area (Å²) >= 11 is 6.61. The lowest BCUT2D eigenvalue weighted by molar-refractivity contribution is 0.267. The summed E-state index contributed by atoms with van der Waals surface area (Å²) in [5.74, 6) is 0. The molecule has 21 heavy (non-hydrogen) atoms. The van der Waals surface area contributed by atoms with E-state index in [0.717, 1.165) is 37.4 Å². The minimum atomic E-state index is 0.195. The Hall–Kier alpha value is -1.25. The summed E-state index contributed by atoms with van der Waals surface area (Å²) in [6.45, 7) is 9.41. The second kappa shape index (κ2) is 7.67. The zero-order valence-electron chi connectivity index (χ0n) is 13.0. The van der Waals surface area contributed by atoms with Crippen LogP contribution in [0.25, 0.3) is 0 Å². The van der Waals surface area contributed by atoms with Gasteiger partial charge in [-0.25, -0.2) is 5.43 Å². The van der Waals surface area contributed by atoms with Crippen LogP contribution in [0.3, 0.4) is 0 Å². The lowest BCUT2D eigenvalue weighted by atomic mass is 9.96. The molecule has 0 spiro atoms. The minimum Gasteiger partial charge on any atom is -0.293 e. The van der Waals surface area contributed by atoms with Crippen molar-refractivity contribution >= 4 is 11.6 Å². The van der Waals surface area contributed by atoms with Crippen LogP contribution < -0.4 is 5.43 Å². The molecule has 0 bridgehead atoms. The molecular weight excluding hydrogens is 280 g/mol. The highest BCUT2D eigenvalue weighted by Gasteiger charge is 2.30. The van der Waals surface area contributed by atoms with Crippen molar-refractivity contribution in [1.29, 1.82) is 0 Å². The third kappa shape index (κ3) is 3.90. The topological polar surface area (TPSA) is 15.3 Å². The Bertz CT molecular complexity index is 507. The monoisotopic (exact) mass is 304 g/mol. The predicted molar refractivity (Wildman–Crippen MR) is 90.7 cm³/mol. The van der Waals surface area contributed by atoms with E-state index < -0.39 is 0 Å². The Morgan fingerprint density at radius 2 is 1.95 bits per heavy atom. The molecule has 0 saturated heterocycles.